The average molecular weight is 341 g/mol. The fourth-order valence-corrected chi connectivity index (χ4v) is 2.09. The molecular formula is C15H14Cl2N2O3. The number of rotatable bonds is 4. The third kappa shape index (κ3) is 4.19. The zero-order valence-electron chi connectivity index (χ0n) is 11.9. The Hall–Kier alpha value is -2.11. The van der Waals surface area contributed by atoms with Crippen LogP contribution in [0.1, 0.15) is 0 Å². The van der Waals surface area contributed by atoms with E-state index in [0.717, 1.165) is 0 Å². The molecule has 116 valence electrons. The van der Waals surface area contributed by atoms with E-state index in [-0.39, 0.29) is 0 Å². The molecule has 0 aliphatic heterocycles. The van der Waals surface area contributed by atoms with Gasteiger partial charge in [0.05, 0.1) is 24.9 Å². The van der Waals surface area contributed by atoms with Gasteiger partial charge in [-0.2, -0.15) is 0 Å². The zero-order valence-corrected chi connectivity index (χ0v) is 13.5. The standard InChI is InChI=1S/C15H14Cl2N2O3/c1-21-11-6-10(7-12(8-11)22-2)18-15(20)19-14-5-9(16)3-4-13(14)17/h3-8H,1-2H3,(H2,18,19,20). The maximum absolute atomic E-state index is 12.0. The Bertz CT molecular complexity index is 670. The van der Waals surface area contributed by atoms with Crippen LogP contribution in [0.2, 0.25) is 10.0 Å². The number of benzene rings is 2. The van der Waals surface area contributed by atoms with Crippen LogP contribution in [0.5, 0.6) is 11.5 Å². The smallest absolute Gasteiger partial charge is 0.323 e. The molecule has 2 rings (SSSR count). The molecule has 2 aromatic carbocycles. The van der Waals surface area contributed by atoms with Crippen LogP contribution in [0.3, 0.4) is 0 Å². The molecule has 0 saturated heterocycles. The van der Waals surface area contributed by atoms with Gasteiger partial charge in [-0.3, -0.25) is 0 Å². The Balaban J connectivity index is 2.13. The van der Waals surface area contributed by atoms with E-state index in [1.165, 1.54) is 14.2 Å². The molecule has 0 spiro atoms. The summed E-state index contributed by atoms with van der Waals surface area (Å²) in [4.78, 5) is 12.0. The molecule has 2 aromatic rings. The highest BCUT2D eigenvalue weighted by molar-refractivity contribution is 6.35. The van der Waals surface area contributed by atoms with Crippen molar-refractivity contribution in [1.82, 2.24) is 0 Å². The van der Waals surface area contributed by atoms with Gasteiger partial charge in [-0.25, -0.2) is 4.79 Å². The summed E-state index contributed by atoms with van der Waals surface area (Å²) in [6.45, 7) is 0. The molecule has 0 unspecified atom stereocenters. The first-order valence-electron chi connectivity index (χ1n) is 6.28. The van der Waals surface area contributed by atoms with Gasteiger partial charge in [-0.05, 0) is 18.2 Å². The van der Waals surface area contributed by atoms with Gasteiger partial charge in [0, 0.05) is 28.9 Å². The molecule has 0 atom stereocenters. The van der Waals surface area contributed by atoms with Crippen LogP contribution in [0.4, 0.5) is 16.2 Å². The number of carbonyl (C=O) groups excluding carboxylic acids is 1. The lowest BCUT2D eigenvalue weighted by atomic mass is 10.2. The van der Waals surface area contributed by atoms with E-state index in [1.807, 2.05) is 0 Å². The van der Waals surface area contributed by atoms with Gasteiger partial charge < -0.3 is 20.1 Å². The first-order chi connectivity index (χ1) is 10.5. The number of amides is 2. The number of ether oxygens (including phenoxy) is 2. The van der Waals surface area contributed by atoms with Crippen LogP contribution in [0, 0.1) is 0 Å². The summed E-state index contributed by atoms with van der Waals surface area (Å²) < 4.78 is 10.3. The summed E-state index contributed by atoms with van der Waals surface area (Å²) in [5.41, 5.74) is 0.938. The minimum absolute atomic E-state index is 0.391. The maximum atomic E-state index is 12.0. The lowest BCUT2D eigenvalue weighted by Crippen LogP contribution is -2.19. The number of methoxy groups -OCH3 is 2. The van der Waals surface area contributed by atoms with Crippen molar-refractivity contribution in [3.05, 3.63) is 46.4 Å². The van der Waals surface area contributed by atoms with Crippen molar-refractivity contribution in [2.45, 2.75) is 0 Å². The van der Waals surface area contributed by atoms with Gasteiger partial charge in [-0.15, -0.1) is 0 Å². The number of halogens is 2. The molecule has 0 aromatic heterocycles. The molecule has 2 amide bonds. The molecule has 0 heterocycles. The summed E-state index contributed by atoms with van der Waals surface area (Å²) in [6.07, 6.45) is 0. The highest BCUT2D eigenvalue weighted by Gasteiger charge is 2.09. The van der Waals surface area contributed by atoms with E-state index in [4.69, 9.17) is 32.7 Å². The molecule has 0 radical (unpaired) electrons. The quantitative estimate of drug-likeness (QED) is 0.851. The minimum atomic E-state index is -0.459. The SMILES string of the molecule is COc1cc(NC(=O)Nc2cc(Cl)ccc2Cl)cc(OC)c1. The van der Waals surface area contributed by atoms with Gasteiger partial charge in [0.2, 0.25) is 0 Å². The van der Waals surface area contributed by atoms with E-state index in [1.54, 1.807) is 36.4 Å². The molecule has 0 saturated carbocycles. The highest BCUT2D eigenvalue weighted by Crippen LogP contribution is 2.27. The summed E-state index contributed by atoms with van der Waals surface area (Å²) in [5, 5.41) is 6.17. The van der Waals surface area contributed by atoms with Gasteiger partial charge in [0.25, 0.3) is 0 Å². The van der Waals surface area contributed by atoms with Crippen molar-refractivity contribution in [3.8, 4) is 11.5 Å². The topological polar surface area (TPSA) is 59.6 Å². The number of anilines is 2. The summed E-state index contributed by atoms with van der Waals surface area (Å²) in [6, 6.07) is 9.39. The number of hydrogen-bond acceptors (Lipinski definition) is 3. The first kappa shape index (κ1) is 16.3. The van der Waals surface area contributed by atoms with Gasteiger partial charge in [0.1, 0.15) is 11.5 Å². The van der Waals surface area contributed by atoms with E-state index in [0.29, 0.717) is 32.9 Å². The zero-order chi connectivity index (χ0) is 16.1. The lowest BCUT2D eigenvalue weighted by molar-refractivity contribution is 0.262. The predicted octanol–water partition coefficient (Wildman–Crippen LogP) is 4.65. The van der Waals surface area contributed by atoms with Crippen LogP contribution in [0.25, 0.3) is 0 Å². The molecule has 0 bridgehead atoms. The second-order valence-electron chi connectivity index (χ2n) is 4.30. The molecule has 0 fully saturated rings. The Kier molecular flexibility index (Phi) is 5.35. The van der Waals surface area contributed by atoms with Crippen LogP contribution < -0.4 is 20.1 Å². The van der Waals surface area contributed by atoms with Gasteiger partial charge in [-0.1, -0.05) is 23.2 Å². The van der Waals surface area contributed by atoms with Crippen LogP contribution >= 0.6 is 23.2 Å². The minimum Gasteiger partial charge on any atom is -0.497 e. The molecule has 5 nitrogen and oxygen atoms in total. The second kappa shape index (κ2) is 7.24. The average Bonchev–Trinajstić information content (AvgIpc) is 2.50. The van der Waals surface area contributed by atoms with Crippen molar-refractivity contribution >= 4 is 40.6 Å². The van der Waals surface area contributed by atoms with Crippen molar-refractivity contribution in [3.63, 3.8) is 0 Å². The first-order valence-corrected chi connectivity index (χ1v) is 7.03. The summed E-state index contributed by atoms with van der Waals surface area (Å²) >= 11 is 11.9. The van der Waals surface area contributed by atoms with Crippen molar-refractivity contribution < 1.29 is 14.3 Å². The number of carbonyl (C=O) groups is 1. The number of urea groups is 1. The normalized spacial score (nSPS) is 10.0. The van der Waals surface area contributed by atoms with Crippen molar-refractivity contribution in [2.75, 3.05) is 24.9 Å². The van der Waals surface area contributed by atoms with E-state index in [9.17, 15) is 4.79 Å². The maximum Gasteiger partial charge on any atom is 0.323 e. The largest absolute Gasteiger partial charge is 0.497 e. The number of hydrogen-bond donors (Lipinski definition) is 2. The Morgan fingerprint density at radius 2 is 1.59 bits per heavy atom. The monoisotopic (exact) mass is 340 g/mol. The van der Waals surface area contributed by atoms with E-state index >= 15 is 0 Å². The molecule has 0 aliphatic rings. The van der Waals surface area contributed by atoms with Gasteiger partial charge in [0.15, 0.2) is 0 Å². The van der Waals surface area contributed by atoms with Crippen molar-refractivity contribution in [2.24, 2.45) is 0 Å². The molecule has 2 N–H and O–H groups in total. The molecule has 22 heavy (non-hydrogen) atoms. The fraction of sp³-hybridized carbons (Fsp3) is 0.133. The van der Waals surface area contributed by atoms with Crippen LogP contribution in [-0.4, -0.2) is 20.3 Å². The molecule has 0 aliphatic carbocycles. The third-order valence-corrected chi connectivity index (χ3v) is 3.35. The summed E-state index contributed by atoms with van der Waals surface area (Å²) in [5.74, 6) is 1.13. The Morgan fingerprint density at radius 1 is 0.955 bits per heavy atom. The highest BCUT2D eigenvalue weighted by atomic mass is 35.5. The Morgan fingerprint density at radius 3 is 2.18 bits per heavy atom. The summed E-state index contributed by atoms with van der Waals surface area (Å²) in [7, 11) is 3.06. The van der Waals surface area contributed by atoms with Crippen LogP contribution in [-0.2, 0) is 0 Å². The van der Waals surface area contributed by atoms with Crippen LogP contribution in [0.15, 0.2) is 36.4 Å². The second-order valence-corrected chi connectivity index (χ2v) is 5.15. The lowest BCUT2D eigenvalue weighted by Gasteiger charge is -2.11. The molecule has 7 heteroatoms. The third-order valence-electron chi connectivity index (χ3n) is 2.79. The van der Waals surface area contributed by atoms with Crippen molar-refractivity contribution in [1.29, 1.82) is 0 Å². The Labute approximate surface area is 138 Å². The predicted molar refractivity (Wildman–Crippen MR) is 88.6 cm³/mol. The van der Waals surface area contributed by atoms with E-state index < -0.39 is 6.03 Å². The molecular weight excluding hydrogens is 327 g/mol. The van der Waals surface area contributed by atoms with E-state index in [2.05, 4.69) is 10.6 Å². The van der Waals surface area contributed by atoms with Gasteiger partial charge >= 0.3 is 6.03 Å². The number of nitrogens with one attached hydrogen (secondary N) is 2. The fourth-order valence-electron chi connectivity index (χ4n) is 1.76.